The van der Waals surface area contributed by atoms with Gasteiger partial charge in [0.25, 0.3) is 0 Å². The molecule has 3 N–H and O–H groups in total. The van der Waals surface area contributed by atoms with Gasteiger partial charge in [0.15, 0.2) is 0 Å². The Labute approximate surface area is 89.2 Å². The number of hydrogen-bond donors (Lipinski definition) is 2. The molecular weight excluding hydrogens is 196 g/mol. The van der Waals surface area contributed by atoms with E-state index in [1.807, 2.05) is 6.92 Å². The maximum absolute atomic E-state index is 11.7. The van der Waals surface area contributed by atoms with Gasteiger partial charge in [-0.1, -0.05) is 0 Å². The molecule has 0 saturated heterocycles. The first-order valence-corrected chi connectivity index (χ1v) is 5.27. The van der Waals surface area contributed by atoms with Gasteiger partial charge in [-0.3, -0.25) is 9.59 Å². The molecule has 1 aliphatic carbocycles. The van der Waals surface area contributed by atoms with Crippen LogP contribution in [-0.2, 0) is 9.59 Å². The van der Waals surface area contributed by atoms with Crippen molar-refractivity contribution in [3.63, 3.8) is 0 Å². The van der Waals surface area contributed by atoms with E-state index >= 15 is 0 Å². The van der Waals surface area contributed by atoms with E-state index in [0.717, 1.165) is 12.8 Å². The lowest BCUT2D eigenvalue weighted by atomic mass is 10.2. The van der Waals surface area contributed by atoms with Crippen LogP contribution in [-0.4, -0.2) is 40.5 Å². The van der Waals surface area contributed by atoms with Gasteiger partial charge < -0.3 is 15.7 Å². The molecule has 0 aromatic carbocycles. The lowest BCUT2D eigenvalue weighted by Crippen LogP contribution is -2.37. The van der Waals surface area contributed by atoms with E-state index in [1.165, 1.54) is 4.90 Å². The van der Waals surface area contributed by atoms with E-state index < -0.39 is 5.97 Å². The average molecular weight is 214 g/mol. The van der Waals surface area contributed by atoms with Crippen molar-refractivity contribution in [2.75, 3.05) is 6.54 Å². The number of rotatable bonds is 6. The van der Waals surface area contributed by atoms with Gasteiger partial charge in [-0.25, -0.2) is 0 Å². The van der Waals surface area contributed by atoms with Crippen LogP contribution in [0, 0.1) is 0 Å². The van der Waals surface area contributed by atoms with Crippen molar-refractivity contribution in [3.05, 3.63) is 0 Å². The zero-order valence-electron chi connectivity index (χ0n) is 8.98. The van der Waals surface area contributed by atoms with Gasteiger partial charge in [0.2, 0.25) is 5.91 Å². The lowest BCUT2D eigenvalue weighted by Gasteiger charge is -2.20. The summed E-state index contributed by atoms with van der Waals surface area (Å²) in [5, 5.41) is 8.67. The maximum Gasteiger partial charge on any atom is 0.323 e. The zero-order chi connectivity index (χ0) is 11.4. The van der Waals surface area contributed by atoms with Gasteiger partial charge in [0.1, 0.15) is 6.54 Å². The summed E-state index contributed by atoms with van der Waals surface area (Å²) in [6, 6.07) is 0.140. The number of carboxylic acid groups (broad SMARTS) is 1. The molecule has 0 aromatic heterocycles. The van der Waals surface area contributed by atoms with Gasteiger partial charge in [-0.2, -0.15) is 0 Å². The molecule has 15 heavy (non-hydrogen) atoms. The molecule has 1 aliphatic rings. The highest BCUT2D eigenvalue weighted by Gasteiger charge is 2.33. The highest BCUT2D eigenvalue weighted by atomic mass is 16.4. The SMILES string of the molecule is CC(N)CCC(=O)N(CC(=O)O)C1CC1. The van der Waals surface area contributed by atoms with Crippen molar-refractivity contribution in [2.24, 2.45) is 5.73 Å². The van der Waals surface area contributed by atoms with Gasteiger partial charge in [0, 0.05) is 18.5 Å². The van der Waals surface area contributed by atoms with E-state index in [1.54, 1.807) is 0 Å². The molecule has 0 spiro atoms. The third-order valence-corrected chi connectivity index (χ3v) is 2.43. The second kappa shape index (κ2) is 5.11. The predicted molar refractivity (Wildman–Crippen MR) is 55.3 cm³/mol. The van der Waals surface area contributed by atoms with Gasteiger partial charge in [0.05, 0.1) is 0 Å². The van der Waals surface area contributed by atoms with Crippen molar-refractivity contribution >= 4 is 11.9 Å². The van der Waals surface area contributed by atoms with E-state index in [2.05, 4.69) is 0 Å². The molecule has 1 amide bonds. The summed E-state index contributed by atoms with van der Waals surface area (Å²) < 4.78 is 0. The van der Waals surface area contributed by atoms with Crippen LogP contribution in [0.2, 0.25) is 0 Å². The predicted octanol–water partition coefficient (Wildman–Crippen LogP) is 0.189. The number of carbonyl (C=O) groups is 2. The molecule has 1 unspecified atom stereocenters. The molecule has 0 aromatic rings. The van der Waals surface area contributed by atoms with Crippen molar-refractivity contribution < 1.29 is 14.7 Å². The summed E-state index contributed by atoms with van der Waals surface area (Å²) in [6.07, 6.45) is 2.82. The number of nitrogens with two attached hydrogens (primary N) is 1. The Bertz CT molecular complexity index is 249. The highest BCUT2D eigenvalue weighted by molar-refractivity contribution is 5.81. The molecule has 5 nitrogen and oxygen atoms in total. The highest BCUT2D eigenvalue weighted by Crippen LogP contribution is 2.27. The van der Waals surface area contributed by atoms with Crippen LogP contribution in [0.4, 0.5) is 0 Å². The number of amides is 1. The summed E-state index contributed by atoms with van der Waals surface area (Å²) in [5.41, 5.74) is 5.55. The van der Waals surface area contributed by atoms with Crippen LogP contribution in [0.25, 0.3) is 0 Å². The number of carboxylic acids is 1. The molecule has 5 heteroatoms. The summed E-state index contributed by atoms with van der Waals surface area (Å²) in [4.78, 5) is 23.7. The molecule has 1 rings (SSSR count). The molecule has 1 saturated carbocycles. The Morgan fingerprint density at radius 2 is 2.13 bits per heavy atom. The minimum absolute atomic E-state index is 0.0140. The second-order valence-electron chi connectivity index (χ2n) is 4.16. The Hall–Kier alpha value is -1.10. The van der Waals surface area contributed by atoms with Gasteiger partial charge in [-0.15, -0.1) is 0 Å². The largest absolute Gasteiger partial charge is 0.480 e. The molecular formula is C10H18N2O3. The third-order valence-electron chi connectivity index (χ3n) is 2.43. The average Bonchev–Trinajstić information content (AvgIpc) is 2.93. The zero-order valence-corrected chi connectivity index (χ0v) is 8.98. The molecule has 1 atom stereocenters. The molecule has 86 valence electrons. The molecule has 0 radical (unpaired) electrons. The standard InChI is InChI=1S/C10H18N2O3/c1-7(11)2-5-9(13)12(6-10(14)15)8-3-4-8/h7-8H,2-6,11H2,1H3,(H,14,15). The minimum Gasteiger partial charge on any atom is -0.480 e. The van der Waals surface area contributed by atoms with Crippen LogP contribution in [0.3, 0.4) is 0 Å². The first kappa shape index (κ1) is 12.0. The molecule has 0 aliphatic heterocycles. The fourth-order valence-electron chi connectivity index (χ4n) is 1.45. The molecule has 1 fully saturated rings. The third kappa shape index (κ3) is 4.29. The monoisotopic (exact) mass is 214 g/mol. The maximum atomic E-state index is 11.7. The Balaban J connectivity index is 2.40. The topological polar surface area (TPSA) is 83.6 Å². The summed E-state index contributed by atoms with van der Waals surface area (Å²) >= 11 is 0. The number of carbonyl (C=O) groups excluding carboxylic acids is 1. The Morgan fingerprint density at radius 3 is 2.53 bits per heavy atom. The first-order chi connectivity index (χ1) is 7.00. The Morgan fingerprint density at radius 1 is 1.53 bits per heavy atom. The van der Waals surface area contributed by atoms with Crippen LogP contribution in [0.15, 0.2) is 0 Å². The number of aliphatic carboxylic acids is 1. The van der Waals surface area contributed by atoms with Crippen LogP contribution < -0.4 is 5.73 Å². The first-order valence-electron chi connectivity index (χ1n) is 5.27. The summed E-state index contributed by atoms with van der Waals surface area (Å²) in [5.74, 6) is -1.03. The fourth-order valence-corrected chi connectivity index (χ4v) is 1.45. The smallest absolute Gasteiger partial charge is 0.323 e. The van der Waals surface area contributed by atoms with E-state index in [9.17, 15) is 9.59 Å². The van der Waals surface area contributed by atoms with Crippen molar-refractivity contribution in [2.45, 2.75) is 44.7 Å². The molecule has 0 heterocycles. The molecule has 0 bridgehead atoms. The van der Waals surface area contributed by atoms with Gasteiger partial charge >= 0.3 is 5.97 Å². The van der Waals surface area contributed by atoms with E-state index in [4.69, 9.17) is 10.8 Å². The van der Waals surface area contributed by atoms with Crippen LogP contribution in [0.1, 0.15) is 32.6 Å². The van der Waals surface area contributed by atoms with Crippen LogP contribution >= 0.6 is 0 Å². The quantitative estimate of drug-likeness (QED) is 0.661. The van der Waals surface area contributed by atoms with Crippen molar-refractivity contribution in [1.82, 2.24) is 4.90 Å². The summed E-state index contributed by atoms with van der Waals surface area (Å²) in [6.45, 7) is 1.66. The normalized spacial score (nSPS) is 17.2. The minimum atomic E-state index is -0.948. The summed E-state index contributed by atoms with van der Waals surface area (Å²) in [7, 11) is 0. The second-order valence-corrected chi connectivity index (χ2v) is 4.16. The van der Waals surface area contributed by atoms with Crippen LogP contribution in [0.5, 0.6) is 0 Å². The number of nitrogens with zero attached hydrogens (tertiary/aromatic N) is 1. The van der Waals surface area contributed by atoms with E-state index in [-0.39, 0.29) is 24.5 Å². The lowest BCUT2D eigenvalue weighted by molar-refractivity contribution is -0.145. The van der Waals surface area contributed by atoms with Gasteiger partial charge in [-0.05, 0) is 26.2 Å². The fraction of sp³-hybridized carbons (Fsp3) is 0.800. The Kier molecular flexibility index (Phi) is 4.08. The van der Waals surface area contributed by atoms with Crippen molar-refractivity contribution in [3.8, 4) is 0 Å². The van der Waals surface area contributed by atoms with Crippen molar-refractivity contribution in [1.29, 1.82) is 0 Å². The number of hydrogen-bond acceptors (Lipinski definition) is 3. The van der Waals surface area contributed by atoms with E-state index in [0.29, 0.717) is 12.8 Å².